The van der Waals surface area contributed by atoms with Crippen LogP contribution in [-0.2, 0) is 9.47 Å². The molecule has 0 unspecified atom stereocenters. The predicted molar refractivity (Wildman–Crippen MR) is 99.4 cm³/mol. The van der Waals surface area contributed by atoms with Crippen LogP contribution in [0.3, 0.4) is 0 Å². The van der Waals surface area contributed by atoms with E-state index in [1.54, 1.807) is 43.4 Å². The van der Waals surface area contributed by atoms with Gasteiger partial charge in [-0.3, -0.25) is 10.1 Å². The number of halogens is 1. The second-order valence-corrected chi connectivity index (χ2v) is 5.69. The van der Waals surface area contributed by atoms with E-state index in [0.29, 0.717) is 37.0 Å². The molecule has 1 aromatic carbocycles. The quantitative estimate of drug-likeness (QED) is 0.495. The van der Waals surface area contributed by atoms with E-state index in [1.807, 2.05) is 0 Å². The smallest absolute Gasteiger partial charge is 0.353 e. The van der Waals surface area contributed by atoms with E-state index < -0.39 is 4.92 Å². The molecule has 140 valence electrons. The number of anilines is 3. The number of hydrogen-bond acceptors (Lipinski definition) is 8. The lowest BCUT2D eigenvalue weighted by Gasteiger charge is -2.23. The Morgan fingerprint density at radius 2 is 1.77 bits per heavy atom. The maximum absolute atomic E-state index is 11.7. The van der Waals surface area contributed by atoms with Gasteiger partial charge in [-0.15, -0.1) is 0 Å². The maximum Gasteiger partial charge on any atom is 0.353 e. The van der Waals surface area contributed by atoms with Crippen LogP contribution in [0.2, 0.25) is 5.02 Å². The van der Waals surface area contributed by atoms with Gasteiger partial charge in [0, 0.05) is 38.0 Å². The molecule has 0 aliphatic rings. The molecule has 1 heterocycles. The predicted octanol–water partition coefficient (Wildman–Crippen LogP) is 2.88. The third-order valence-corrected chi connectivity index (χ3v) is 3.77. The van der Waals surface area contributed by atoms with E-state index in [1.165, 1.54) is 6.33 Å². The van der Waals surface area contributed by atoms with Crippen molar-refractivity contribution >= 4 is 34.6 Å². The molecule has 0 bridgehead atoms. The summed E-state index contributed by atoms with van der Waals surface area (Å²) in [5.41, 5.74) is 0.414. The van der Waals surface area contributed by atoms with Crippen LogP contribution in [0.15, 0.2) is 30.6 Å². The van der Waals surface area contributed by atoms with Gasteiger partial charge in [0.15, 0.2) is 0 Å². The number of aromatic nitrogens is 2. The van der Waals surface area contributed by atoms with E-state index in [0.717, 1.165) is 0 Å². The second kappa shape index (κ2) is 9.85. The lowest BCUT2D eigenvalue weighted by molar-refractivity contribution is -0.383. The molecular weight excluding hydrogens is 362 g/mol. The summed E-state index contributed by atoms with van der Waals surface area (Å²) in [5, 5.41) is 15.2. The molecule has 9 nitrogen and oxygen atoms in total. The number of nitro groups is 1. The number of benzene rings is 1. The Morgan fingerprint density at radius 1 is 1.15 bits per heavy atom. The van der Waals surface area contributed by atoms with Crippen molar-refractivity contribution in [3.8, 4) is 0 Å². The van der Waals surface area contributed by atoms with Crippen LogP contribution in [0, 0.1) is 10.1 Å². The Labute approximate surface area is 156 Å². The third-order valence-electron chi connectivity index (χ3n) is 3.52. The summed E-state index contributed by atoms with van der Waals surface area (Å²) in [6, 6.07) is 6.78. The Bertz CT molecular complexity index is 721. The summed E-state index contributed by atoms with van der Waals surface area (Å²) in [5.74, 6) is 0.303. The highest BCUT2D eigenvalue weighted by Crippen LogP contribution is 2.33. The number of ether oxygens (including phenoxy) is 2. The standard InChI is InChI=1S/C16H20ClN5O4/c1-25-9-7-21(8-10-26-2)16-14(22(23)24)15(18-11-19-16)20-13-5-3-12(17)4-6-13/h3-6,11H,7-10H2,1-2H3,(H,18,19,20). The molecular formula is C16H20ClN5O4. The maximum atomic E-state index is 11.7. The molecule has 0 radical (unpaired) electrons. The zero-order valence-electron chi connectivity index (χ0n) is 14.5. The minimum absolute atomic E-state index is 0.0992. The Hall–Kier alpha value is -2.49. The van der Waals surface area contributed by atoms with Crippen LogP contribution in [-0.4, -0.2) is 55.4 Å². The van der Waals surface area contributed by atoms with E-state index in [-0.39, 0.29) is 17.3 Å². The molecule has 2 aromatic rings. The van der Waals surface area contributed by atoms with Crippen molar-refractivity contribution in [1.29, 1.82) is 0 Å². The molecule has 0 saturated carbocycles. The first-order chi connectivity index (χ1) is 12.6. The van der Waals surface area contributed by atoms with E-state index in [2.05, 4.69) is 15.3 Å². The van der Waals surface area contributed by atoms with Gasteiger partial charge in [-0.25, -0.2) is 9.97 Å². The average Bonchev–Trinajstić information content (AvgIpc) is 2.63. The van der Waals surface area contributed by atoms with Crippen molar-refractivity contribution in [3.63, 3.8) is 0 Å². The first kappa shape index (κ1) is 19.8. The summed E-state index contributed by atoms with van der Waals surface area (Å²) < 4.78 is 10.2. The summed E-state index contributed by atoms with van der Waals surface area (Å²) in [6.45, 7) is 1.64. The molecule has 1 N–H and O–H groups in total. The van der Waals surface area contributed by atoms with Crippen LogP contribution in [0.1, 0.15) is 0 Å². The zero-order chi connectivity index (χ0) is 18.9. The van der Waals surface area contributed by atoms with Crippen LogP contribution in [0.4, 0.5) is 23.0 Å². The highest BCUT2D eigenvalue weighted by atomic mass is 35.5. The van der Waals surface area contributed by atoms with Gasteiger partial charge in [-0.1, -0.05) is 11.6 Å². The first-order valence-electron chi connectivity index (χ1n) is 7.81. The summed E-state index contributed by atoms with van der Waals surface area (Å²) >= 11 is 5.87. The molecule has 10 heteroatoms. The highest BCUT2D eigenvalue weighted by Gasteiger charge is 2.27. The van der Waals surface area contributed by atoms with E-state index in [9.17, 15) is 10.1 Å². The molecule has 0 saturated heterocycles. The molecule has 0 aliphatic carbocycles. The molecule has 0 aliphatic heterocycles. The fourth-order valence-electron chi connectivity index (χ4n) is 2.26. The number of methoxy groups -OCH3 is 2. The fourth-order valence-corrected chi connectivity index (χ4v) is 2.38. The van der Waals surface area contributed by atoms with Crippen molar-refractivity contribution in [3.05, 3.63) is 45.7 Å². The molecule has 0 fully saturated rings. The normalized spacial score (nSPS) is 10.6. The van der Waals surface area contributed by atoms with E-state index in [4.69, 9.17) is 21.1 Å². The Balaban J connectivity index is 2.38. The summed E-state index contributed by atoms with van der Waals surface area (Å²) in [7, 11) is 3.13. The minimum atomic E-state index is -0.500. The van der Waals surface area contributed by atoms with Crippen molar-refractivity contribution in [2.24, 2.45) is 0 Å². The van der Waals surface area contributed by atoms with Crippen molar-refractivity contribution in [1.82, 2.24) is 9.97 Å². The zero-order valence-corrected chi connectivity index (χ0v) is 15.3. The average molecular weight is 382 g/mol. The molecule has 0 amide bonds. The van der Waals surface area contributed by atoms with Crippen LogP contribution in [0.5, 0.6) is 0 Å². The number of hydrogen-bond donors (Lipinski definition) is 1. The molecule has 2 rings (SSSR count). The molecule has 26 heavy (non-hydrogen) atoms. The van der Waals surface area contributed by atoms with Crippen molar-refractivity contribution in [2.75, 3.05) is 50.7 Å². The highest BCUT2D eigenvalue weighted by molar-refractivity contribution is 6.30. The van der Waals surface area contributed by atoms with Gasteiger partial charge in [-0.05, 0) is 24.3 Å². The lowest BCUT2D eigenvalue weighted by Crippen LogP contribution is -2.32. The van der Waals surface area contributed by atoms with Gasteiger partial charge < -0.3 is 19.7 Å². The van der Waals surface area contributed by atoms with Gasteiger partial charge in [0.1, 0.15) is 6.33 Å². The van der Waals surface area contributed by atoms with Crippen molar-refractivity contribution in [2.45, 2.75) is 0 Å². The minimum Gasteiger partial charge on any atom is -0.383 e. The van der Waals surface area contributed by atoms with Crippen LogP contribution >= 0.6 is 11.6 Å². The number of nitrogens with one attached hydrogen (secondary N) is 1. The second-order valence-electron chi connectivity index (χ2n) is 5.26. The van der Waals surface area contributed by atoms with Crippen LogP contribution < -0.4 is 10.2 Å². The Morgan fingerprint density at radius 3 is 2.31 bits per heavy atom. The van der Waals surface area contributed by atoms with Gasteiger partial charge >= 0.3 is 5.69 Å². The van der Waals surface area contributed by atoms with Crippen molar-refractivity contribution < 1.29 is 14.4 Å². The first-order valence-corrected chi connectivity index (χ1v) is 8.19. The topological polar surface area (TPSA) is 103 Å². The fraction of sp³-hybridized carbons (Fsp3) is 0.375. The molecule has 1 aromatic heterocycles. The molecule has 0 spiro atoms. The van der Waals surface area contributed by atoms with Gasteiger partial charge in [0.25, 0.3) is 0 Å². The Kier molecular flexibility index (Phi) is 7.52. The van der Waals surface area contributed by atoms with E-state index >= 15 is 0 Å². The third kappa shape index (κ3) is 5.25. The van der Waals surface area contributed by atoms with Gasteiger partial charge in [0.2, 0.25) is 11.6 Å². The largest absolute Gasteiger partial charge is 0.383 e. The summed E-state index contributed by atoms with van der Waals surface area (Å²) in [4.78, 5) is 21.1. The van der Waals surface area contributed by atoms with Gasteiger partial charge in [-0.2, -0.15) is 0 Å². The monoisotopic (exact) mass is 381 g/mol. The van der Waals surface area contributed by atoms with Gasteiger partial charge in [0.05, 0.1) is 18.1 Å². The lowest BCUT2D eigenvalue weighted by atomic mass is 10.3. The number of nitrogens with zero attached hydrogens (tertiary/aromatic N) is 4. The van der Waals surface area contributed by atoms with Crippen LogP contribution in [0.25, 0.3) is 0 Å². The molecule has 0 atom stereocenters. The number of rotatable bonds is 10. The SMILES string of the molecule is COCCN(CCOC)c1ncnc(Nc2ccc(Cl)cc2)c1[N+](=O)[O-]. The summed E-state index contributed by atoms with van der Waals surface area (Å²) in [6.07, 6.45) is 1.28.